The van der Waals surface area contributed by atoms with Crippen LogP contribution < -0.4 is 32.0 Å². The van der Waals surface area contributed by atoms with Crippen molar-refractivity contribution in [3.05, 3.63) is 162 Å². The normalized spacial score (nSPS) is 23.0. The third-order valence-corrected chi connectivity index (χ3v) is 15.3. The highest BCUT2D eigenvalue weighted by molar-refractivity contribution is 7.43. The van der Waals surface area contributed by atoms with Crippen molar-refractivity contribution in [1.29, 1.82) is 5.26 Å². The first kappa shape index (κ1) is 54.9. The number of nitriles is 1. The van der Waals surface area contributed by atoms with Crippen molar-refractivity contribution >= 4 is 8.53 Å². The van der Waals surface area contributed by atoms with Crippen LogP contribution in [0.5, 0.6) is 11.5 Å². The van der Waals surface area contributed by atoms with Crippen molar-refractivity contribution < 1.29 is 42.2 Å². The number of alkyl halides is 1. The summed E-state index contributed by atoms with van der Waals surface area (Å²) in [6.07, 6.45) is -4.26. The van der Waals surface area contributed by atoms with Gasteiger partial charge in [0, 0.05) is 62.1 Å². The third-order valence-electron chi connectivity index (χ3n) is 13.6. The van der Waals surface area contributed by atoms with Crippen molar-refractivity contribution in [3.63, 3.8) is 0 Å². The molecule has 7 rings (SSSR count). The summed E-state index contributed by atoms with van der Waals surface area (Å²) in [5, 5.41) is 10.7. The minimum atomic E-state index is -2.10. The second kappa shape index (κ2) is 24.5. The first-order valence-electron chi connectivity index (χ1n) is 24.1. The molecule has 0 amide bonds. The Hall–Kier alpha value is -5.85. The van der Waals surface area contributed by atoms with E-state index in [1.807, 2.05) is 123 Å². The lowest BCUT2D eigenvalue weighted by Crippen LogP contribution is -2.42. The second-order valence-electron chi connectivity index (χ2n) is 18.8. The van der Waals surface area contributed by atoms with E-state index >= 15 is 4.39 Å². The lowest BCUT2D eigenvalue weighted by atomic mass is 9.80. The van der Waals surface area contributed by atoms with Gasteiger partial charge in [0.1, 0.15) is 23.2 Å². The SMILES string of the molecule is COc1ccc(C(OC[C@H]2O[C@@H](n3ccc(=O)[nH]c3=O)[C@H](F)[C@@H]2CCN(C)C[C@@H]2O[C@@H](n3ccc(=O)[nH]c3=O)[C@H](OC)[C@@H]2C(C#N)COP(O)N(C(C)C)C(C)C)(c2ccccc2)c2ccc(OC)cc2)cc1. The number of nitrogens with zero attached hydrogens (tertiary/aromatic N) is 5. The molecule has 3 N–H and O–H groups in total. The molecule has 3 aromatic carbocycles. The van der Waals surface area contributed by atoms with Crippen LogP contribution in [-0.4, -0.2) is 125 Å². The summed E-state index contributed by atoms with van der Waals surface area (Å²) in [5.41, 5.74) is -1.89. The fraction of sp³-hybridized carbons (Fsp3) is 0.481. The van der Waals surface area contributed by atoms with Gasteiger partial charge in [-0.2, -0.15) is 5.26 Å². The number of likely N-dealkylation sites (N-methyl/N-ethyl adjacent to an activating group) is 1. The van der Waals surface area contributed by atoms with Gasteiger partial charge in [0.15, 0.2) is 18.6 Å². The van der Waals surface area contributed by atoms with E-state index in [9.17, 15) is 29.3 Å². The predicted molar refractivity (Wildman–Crippen MR) is 270 cm³/mol. The zero-order valence-corrected chi connectivity index (χ0v) is 43.1. The van der Waals surface area contributed by atoms with Crippen LogP contribution >= 0.6 is 8.53 Å². The average Bonchev–Trinajstić information content (AvgIpc) is 3.89. The minimum Gasteiger partial charge on any atom is -0.497 e. The van der Waals surface area contributed by atoms with Crippen LogP contribution in [0.3, 0.4) is 0 Å². The Morgan fingerprint density at radius 3 is 1.79 bits per heavy atom. The number of H-pyrrole nitrogens is 2. The minimum absolute atomic E-state index is 0.0576. The summed E-state index contributed by atoms with van der Waals surface area (Å²) < 4.78 is 64.8. The molecule has 392 valence electrons. The van der Waals surface area contributed by atoms with E-state index in [1.165, 1.54) is 30.1 Å². The van der Waals surface area contributed by atoms with Crippen molar-refractivity contribution in [2.75, 3.05) is 54.7 Å². The number of aromatic nitrogens is 4. The molecule has 2 aliphatic rings. The standard InChI is InChI=1S/C52H65FN7O12P/c1-32(2)60(33(3)4)73(65)70-30-34(28-54)45-41(71-49(47(45)68-8)59-27-24-44(62)56-51(59)64)29-57(5)25-22-40-42(72-48(46(40)53)58-26-23-43(61)55-50(58)63)31-69-52(35-12-10-9-11-13-35,36-14-18-38(66-6)19-15-36)37-16-20-39(67-7)21-17-37/h9-21,23-24,26-27,32-34,40-42,45-49,65H,22,25,29-31H2,1-8H3,(H,55,61,63)(H,56,62,64)/t34?,40-,41+,42-,45-,46-,47-,48-,49-,73?/m1/s1. The summed E-state index contributed by atoms with van der Waals surface area (Å²) in [7, 11) is 4.31. The number of halogens is 1. The molecule has 2 fully saturated rings. The largest absolute Gasteiger partial charge is 0.497 e. The van der Waals surface area contributed by atoms with Crippen LogP contribution in [0.1, 0.15) is 63.3 Å². The van der Waals surface area contributed by atoms with Crippen LogP contribution in [-0.2, 0) is 29.1 Å². The number of hydrogen-bond donors (Lipinski definition) is 3. The van der Waals surface area contributed by atoms with Gasteiger partial charge < -0.3 is 42.7 Å². The van der Waals surface area contributed by atoms with E-state index in [0.717, 1.165) is 27.3 Å². The maximum absolute atomic E-state index is 17.4. The Kier molecular flexibility index (Phi) is 18.4. The van der Waals surface area contributed by atoms with E-state index in [2.05, 4.69) is 16.0 Å². The highest BCUT2D eigenvalue weighted by Crippen LogP contribution is 2.47. The van der Waals surface area contributed by atoms with E-state index < -0.39 is 91.3 Å². The van der Waals surface area contributed by atoms with E-state index in [1.54, 1.807) is 14.2 Å². The molecule has 21 heteroatoms. The molecular weight excluding hydrogens is 965 g/mol. The molecule has 4 heterocycles. The average molecular weight is 1030 g/mol. The summed E-state index contributed by atoms with van der Waals surface area (Å²) >= 11 is 0. The maximum Gasteiger partial charge on any atom is 0.330 e. The maximum atomic E-state index is 17.4. The predicted octanol–water partition coefficient (Wildman–Crippen LogP) is 5.31. The molecule has 2 aromatic heterocycles. The number of methoxy groups -OCH3 is 3. The zero-order valence-electron chi connectivity index (χ0n) is 42.2. The fourth-order valence-electron chi connectivity index (χ4n) is 10.1. The molecule has 0 aliphatic carbocycles. The second-order valence-corrected chi connectivity index (χ2v) is 20.0. The van der Waals surface area contributed by atoms with Crippen molar-refractivity contribution in [3.8, 4) is 17.6 Å². The van der Waals surface area contributed by atoms with Gasteiger partial charge >= 0.3 is 11.4 Å². The van der Waals surface area contributed by atoms with Gasteiger partial charge in [-0.25, -0.2) is 18.6 Å². The molecule has 2 aliphatic heterocycles. The van der Waals surface area contributed by atoms with Gasteiger partial charge in [0.2, 0.25) is 0 Å². The number of ether oxygens (including phenoxy) is 6. The lowest BCUT2D eigenvalue weighted by Gasteiger charge is -2.37. The topological polar surface area (TPSA) is 225 Å². The molecular formula is C52H65FN7O12P. The summed E-state index contributed by atoms with van der Waals surface area (Å²) in [6.45, 7) is 7.77. The smallest absolute Gasteiger partial charge is 0.330 e. The van der Waals surface area contributed by atoms with Gasteiger partial charge in [-0.3, -0.25) is 28.7 Å². The van der Waals surface area contributed by atoms with E-state index in [0.29, 0.717) is 11.5 Å². The Morgan fingerprint density at radius 2 is 1.30 bits per heavy atom. The Balaban J connectivity index is 1.20. The van der Waals surface area contributed by atoms with Crippen LogP contribution in [0, 0.1) is 29.1 Å². The quantitative estimate of drug-likeness (QED) is 0.0557. The first-order chi connectivity index (χ1) is 35.0. The number of rotatable bonds is 23. The molecule has 10 atom stereocenters. The van der Waals surface area contributed by atoms with Gasteiger partial charge in [-0.1, -0.05) is 54.6 Å². The number of aromatic amines is 2. The van der Waals surface area contributed by atoms with Gasteiger partial charge in [0.05, 0.1) is 51.6 Å². The monoisotopic (exact) mass is 1030 g/mol. The van der Waals surface area contributed by atoms with Crippen LogP contribution in [0.2, 0.25) is 0 Å². The molecule has 5 aromatic rings. The first-order valence-corrected chi connectivity index (χ1v) is 25.3. The molecule has 0 spiro atoms. The Labute approximate surface area is 423 Å². The van der Waals surface area contributed by atoms with Gasteiger partial charge in [0.25, 0.3) is 19.6 Å². The van der Waals surface area contributed by atoms with Crippen molar-refractivity contribution in [2.45, 2.75) is 88.7 Å². The highest BCUT2D eigenvalue weighted by atomic mass is 31.2. The molecule has 0 saturated carbocycles. The van der Waals surface area contributed by atoms with Crippen molar-refractivity contribution in [2.24, 2.45) is 17.8 Å². The fourth-order valence-corrected chi connectivity index (χ4v) is 11.4. The third kappa shape index (κ3) is 12.1. The molecule has 0 radical (unpaired) electrons. The lowest BCUT2D eigenvalue weighted by molar-refractivity contribution is -0.0882. The van der Waals surface area contributed by atoms with E-state index in [-0.39, 0.29) is 44.8 Å². The molecule has 0 bridgehead atoms. The summed E-state index contributed by atoms with van der Waals surface area (Å²) in [6, 6.07) is 29.1. The van der Waals surface area contributed by atoms with Gasteiger partial charge in [-0.05, 0) is 88.7 Å². The zero-order chi connectivity index (χ0) is 52.6. The van der Waals surface area contributed by atoms with E-state index in [4.69, 9.17) is 32.9 Å². The van der Waals surface area contributed by atoms with Crippen LogP contribution in [0.15, 0.2) is 123 Å². The Morgan fingerprint density at radius 1 is 0.781 bits per heavy atom. The molecule has 2 unspecified atom stereocenters. The number of benzene rings is 3. The molecule has 2 saturated heterocycles. The Bertz CT molecular complexity index is 2800. The van der Waals surface area contributed by atoms with Crippen molar-refractivity contribution in [1.82, 2.24) is 28.7 Å². The molecule has 73 heavy (non-hydrogen) atoms. The number of hydrogen-bond acceptors (Lipinski definition) is 15. The summed E-state index contributed by atoms with van der Waals surface area (Å²) in [5.74, 6) is -1.29. The highest BCUT2D eigenvalue weighted by Gasteiger charge is 2.52. The van der Waals surface area contributed by atoms with Gasteiger partial charge in [-0.15, -0.1) is 0 Å². The summed E-state index contributed by atoms with van der Waals surface area (Å²) in [4.78, 5) is 68.3. The number of nitrogens with one attached hydrogen (secondary N) is 2. The molecule has 19 nitrogen and oxygen atoms in total. The van der Waals surface area contributed by atoms with Crippen LogP contribution in [0.4, 0.5) is 4.39 Å². The van der Waals surface area contributed by atoms with Crippen LogP contribution in [0.25, 0.3) is 0 Å².